The minimum atomic E-state index is 0. The van der Waals surface area contributed by atoms with Crippen LogP contribution in [0.5, 0.6) is 0 Å². The quantitative estimate of drug-likeness (QED) is 0.139. The standard InChI is InChI=1S/C33H25N2.Ir/c1-24-20-21-27(23-30(24)31-17-7-8-22-34(31)2)35(32-18-9-13-25-11-3-5-15-28(25)32)33-19-10-14-26-12-4-6-16-29(26)33;/h3-23H,1-2H2;/q-1;. The molecule has 0 spiro atoms. The number of aromatic nitrogens is 1. The fraction of sp³-hybridized carbons (Fsp3) is 0. The molecule has 0 saturated carbocycles. The molecule has 0 bridgehead atoms. The van der Waals surface area contributed by atoms with Crippen LogP contribution in [0.1, 0.15) is 5.56 Å². The Bertz CT molecular complexity index is 1600. The maximum atomic E-state index is 4.32. The maximum Gasteiger partial charge on any atom is 0.0686 e. The number of pyridine rings is 1. The molecule has 1 heterocycles. The number of nitrogens with zero attached hydrogens (tertiary/aromatic N) is 2. The van der Waals surface area contributed by atoms with Gasteiger partial charge in [-0.05, 0) is 22.9 Å². The molecule has 0 unspecified atom stereocenters. The molecule has 0 N–H and O–H groups in total. The van der Waals surface area contributed by atoms with Gasteiger partial charge >= 0.3 is 0 Å². The first-order valence-electron chi connectivity index (χ1n) is 11.7. The van der Waals surface area contributed by atoms with Crippen molar-refractivity contribution in [1.29, 1.82) is 0 Å². The number of fused-ring (bicyclic) bond motifs is 2. The SMILES string of the molecule is [CH2-]c1ccc(N(c2cccc3ccccc23)c2cccc3ccccc23)cc1-c1cccc[n+]1[CH2-].[Ir]. The summed E-state index contributed by atoms with van der Waals surface area (Å²) in [5.41, 5.74) is 6.39. The zero-order chi connectivity index (χ0) is 23.8. The topological polar surface area (TPSA) is 7.12 Å². The van der Waals surface area contributed by atoms with Crippen LogP contribution in [0.3, 0.4) is 0 Å². The van der Waals surface area contributed by atoms with Crippen molar-refractivity contribution in [3.05, 3.63) is 147 Å². The monoisotopic (exact) mass is 642 g/mol. The zero-order valence-electron chi connectivity index (χ0n) is 19.8. The molecular formula is C33H25IrN2-. The normalized spacial score (nSPS) is 10.8. The van der Waals surface area contributed by atoms with E-state index in [4.69, 9.17) is 0 Å². The van der Waals surface area contributed by atoms with E-state index in [0.717, 1.165) is 33.9 Å². The molecule has 3 heteroatoms. The molecule has 177 valence electrons. The van der Waals surface area contributed by atoms with E-state index in [2.05, 4.69) is 128 Å². The van der Waals surface area contributed by atoms with Crippen LogP contribution < -0.4 is 9.47 Å². The first kappa shape index (κ1) is 23.7. The van der Waals surface area contributed by atoms with Crippen molar-refractivity contribution in [3.8, 4) is 11.3 Å². The summed E-state index contributed by atoms with van der Waals surface area (Å²) in [6.45, 7) is 4.32. The van der Waals surface area contributed by atoms with Crippen LogP contribution in [0.2, 0.25) is 0 Å². The Labute approximate surface area is 225 Å². The summed E-state index contributed by atoms with van der Waals surface area (Å²) in [6, 6.07) is 42.7. The van der Waals surface area contributed by atoms with Gasteiger partial charge in [0.25, 0.3) is 0 Å². The first-order chi connectivity index (χ1) is 17.2. The van der Waals surface area contributed by atoms with Crippen LogP contribution in [0.15, 0.2) is 128 Å². The van der Waals surface area contributed by atoms with E-state index in [1.807, 2.05) is 22.9 Å². The van der Waals surface area contributed by atoms with Crippen LogP contribution in [-0.4, -0.2) is 0 Å². The molecule has 6 rings (SSSR count). The summed E-state index contributed by atoms with van der Waals surface area (Å²) in [5, 5.41) is 4.83. The van der Waals surface area contributed by atoms with Gasteiger partial charge in [-0.25, -0.2) is 0 Å². The summed E-state index contributed by atoms with van der Waals surface area (Å²) < 4.78 is 1.90. The smallest absolute Gasteiger partial charge is 0.0686 e. The van der Waals surface area contributed by atoms with Gasteiger partial charge in [-0.1, -0.05) is 103 Å². The van der Waals surface area contributed by atoms with Crippen molar-refractivity contribution in [3.63, 3.8) is 0 Å². The van der Waals surface area contributed by atoms with Gasteiger partial charge in [0.15, 0.2) is 0 Å². The van der Waals surface area contributed by atoms with Crippen molar-refractivity contribution in [2.24, 2.45) is 0 Å². The number of hydrogen-bond acceptors (Lipinski definition) is 1. The number of benzene rings is 5. The molecule has 0 saturated heterocycles. The third-order valence-electron chi connectivity index (χ3n) is 6.58. The van der Waals surface area contributed by atoms with E-state index in [1.165, 1.54) is 21.5 Å². The van der Waals surface area contributed by atoms with Crippen LogP contribution in [0.25, 0.3) is 32.8 Å². The van der Waals surface area contributed by atoms with Gasteiger partial charge in [-0.15, -0.1) is 5.56 Å². The molecule has 36 heavy (non-hydrogen) atoms. The van der Waals surface area contributed by atoms with Gasteiger partial charge in [0.05, 0.1) is 23.3 Å². The minimum absolute atomic E-state index is 0. The second-order valence-corrected chi connectivity index (χ2v) is 8.73. The van der Waals surface area contributed by atoms with E-state index in [0.29, 0.717) is 0 Å². The fourth-order valence-corrected chi connectivity index (χ4v) is 4.88. The van der Waals surface area contributed by atoms with Gasteiger partial charge in [0.1, 0.15) is 0 Å². The molecule has 0 aliphatic rings. The van der Waals surface area contributed by atoms with Crippen LogP contribution in [-0.2, 0) is 20.1 Å². The van der Waals surface area contributed by atoms with Crippen molar-refractivity contribution in [2.75, 3.05) is 4.90 Å². The van der Waals surface area contributed by atoms with E-state index < -0.39 is 0 Å². The predicted molar refractivity (Wildman–Crippen MR) is 147 cm³/mol. The van der Waals surface area contributed by atoms with E-state index >= 15 is 0 Å². The molecule has 5 aromatic carbocycles. The molecule has 6 aromatic rings. The molecule has 0 aliphatic carbocycles. The largest absolute Gasteiger partial charge is 0.343 e. The van der Waals surface area contributed by atoms with Crippen LogP contribution >= 0.6 is 0 Å². The second kappa shape index (κ2) is 9.91. The van der Waals surface area contributed by atoms with E-state index in [-0.39, 0.29) is 20.1 Å². The average Bonchev–Trinajstić information content (AvgIpc) is 2.90. The molecule has 1 aromatic heterocycles. The van der Waals surface area contributed by atoms with Gasteiger partial charge in [0.2, 0.25) is 0 Å². The van der Waals surface area contributed by atoms with Gasteiger partial charge in [0, 0.05) is 43.6 Å². The average molecular weight is 642 g/mol. The van der Waals surface area contributed by atoms with Gasteiger partial charge in [-0.3, -0.25) is 0 Å². The minimum Gasteiger partial charge on any atom is -0.343 e. The molecular weight excluding hydrogens is 617 g/mol. The number of hydrogen-bond donors (Lipinski definition) is 0. The zero-order valence-corrected chi connectivity index (χ0v) is 22.2. The van der Waals surface area contributed by atoms with Gasteiger partial charge in [-0.2, -0.15) is 18.6 Å². The Hall–Kier alpha value is -4.04. The van der Waals surface area contributed by atoms with Crippen LogP contribution in [0, 0.1) is 14.0 Å². The van der Waals surface area contributed by atoms with Crippen molar-refractivity contribution < 1.29 is 24.7 Å². The number of anilines is 3. The second-order valence-electron chi connectivity index (χ2n) is 8.73. The first-order valence-corrected chi connectivity index (χ1v) is 11.7. The summed E-state index contributed by atoms with van der Waals surface area (Å²) in [5.74, 6) is 0. The molecule has 0 fully saturated rings. The van der Waals surface area contributed by atoms with Crippen molar-refractivity contribution in [1.82, 2.24) is 0 Å². The Morgan fingerprint density at radius 3 is 1.75 bits per heavy atom. The Kier molecular flexibility index (Phi) is 6.52. The summed E-state index contributed by atoms with van der Waals surface area (Å²) in [4.78, 5) is 2.37. The van der Waals surface area contributed by atoms with Crippen LogP contribution in [0.4, 0.5) is 17.1 Å². The van der Waals surface area contributed by atoms with Gasteiger partial charge < -0.3 is 9.47 Å². The molecule has 2 nitrogen and oxygen atoms in total. The Balaban J connectivity index is 0.00000267. The van der Waals surface area contributed by atoms with E-state index in [9.17, 15) is 0 Å². The van der Waals surface area contributed by atoms with Crippen molar-refractivity contribution in [2.45, 2.75) is 0 Å². The Morgan fingerprint density at radius 1 is 0.583 bits per heavy atom. The van der Waals surface area contributed by atoms with E-state index in [1.54, 1.807) is 0 Å². The third kappa shape index (κ3) is 4.13. The third-order valence-corrected chi connectivity index (χ3v) is 6.58. The Morgan fingerprint density at radius 2 is 1.14 bits per heavy atom. The molecule has 0 amide bonds. The summed E-state index contributed by atoms with van der Waals surface area (Å²) in [7, 11) is 4.19. The molecule has 0 atom stereocenters. The van der Waals surface area contributed by atoms with Crippen molar-refractivity contribution >= 4 is 38.6 Å². The molecule has 0 aliphatic heterocycles. The maximum absolute atomic E-state index is 4.32. The number of rotatable bonds is 4. The predicted octanol–water partition coefficient (Wildman–Crippen LogP) is 8.24. The summed E-state index contributed by atoms with van der Waals surface area (Å²) >= 11 is 0. The fourth-order valence-electron chi connectivity index (χ4n) is 4.88. The molecule has 1 radical (unpaired) electrons. The summed E-state index contributed by atoms with van der Waals surface area (Å²) in [6.07, 6.45) is 1.97.